The maximum Gasteiger partial charge on any atom is 0.326 e. The minimum Gasteiger partial charge on any atom is -0.480 e. The third kappa shape index (κ3) is 10.5. The van der Waals surface area contributed by atoms with Gasteiger partial charge in [0.25, 0.3) is 0 Å². The standard InChI is InChI=1S/C19H32N6O6S2/c1-32-5-3-13(23-16(27)12(20)9-26)17(28)24-14(4-6-33-2)18(29)25-15(19(30)31)7-11-8-21-10-22-11/h8,10,12-15,26H,3-7,9,20H2,1-2H3,(H,21,22)(H,23,27)(H,24,28)(H,25,29)(H,30,31). The maximum atomic E-state index is 12.9. The van der Waals surface area contributed by atoms with Crippen molar-refractivity contribution >= 4 is 47.2 Å². The molecule has 0 saturated carbocycles. The van der Waals surface area contributed by atoms with Crippen molar-refractivity contribution in [3.63, 3.8) is 0 Å². The zero-order chi connectivity index (χ0) is 24.8. The summed E-state index contributed by atoms with van der Waals surface area (Å²) >= 11 is 2.94. The fourth-order valence-electron chi connectivity index (χ4n) is 2.73. The summed E-state index contributed by atoms with van der Waals surface area (Å²) < 4.78 is 0. The van der Waals surface area contributed by atoms with Crippen molar-refractivity contribution in [1.82, 2.24) is 25.9 Å². The Morgan fingerprint density at radius 2 is 1.52 bits per heavy atom. The molecular weight excluding hydrogens is 472 g/mol. The number of carboxylic acid groups (broad SMARTS) is 1. The number of carboxylic acids is 1. The van der Waals surface area contributed by atoms with Crippen molar-refractivity contribution in [3.8, 4) is 0 Å². The number of aromatic amines is 1. The Kier molecular flexibility index (Phi) is 13.5. The number of amides is 3. The van der Waals surface area contributed by atoms with Crippen LogP contribution in [0.1, 0.15) is 18.5 Å². The second kappa shape index (κ2) is 15.5. The van der Waals surface area contributed by atoms with Crippen molar-refractivity contribution in [1.29, 1.82) is 0 Å². The van der Waals surface area contributed by atoms with Gasteiger partial charge in [-0.05, 0) is 36.9 Å². The van der Waals surface area contributed by atoms with E-state index in [9.17, 15) is 24.3 Å². The number of carbonyl (C=O) groups is 4. The number of aliphatic hydroxyl groups is 1. The van der Waals surface area contributed by atoms with Gasteiger partial charge in [0, 0.05) is 18.3 Å². The Labute approximate surface area is 200 Å². The van der Waals surface area contributed by atoms with Crippen molar-refractivity contribution in [2.75, 3.05) is 30.6 Å². The Bertz CT molecular complexity index is 766. The number of nitrogens with two attached hydrogens (primary N) is 1. The molecule has 0 aromatic carbocycles. The first-order valence-corrected chi connectivity index (χ1v) is 13.0. The monoisotopic (exact) mass is 504 g/mol. The summed E-state index contributed by atoms with van der Waals surface area (Å²) in [5, 5.41) is 26.2. The third-order valence-corrected chi connectivity index (χ3v) is 5.90. The number of hydrogen-bond donors (Lipinski definition) is 7. The highest BCUT2D eigenvalue weighted by Crippen LogP contribution is 2.07. The van der Waals surface area contributed by atoms with Gasteiger partial charge in [-0.2, -0.15) is 23.5 Å². The lowest BCUT2D eigenvalue weighted by molar-refractivity contribution is -0.142. The second-order valence-corrected chi connectivity index (χ2v) is 9.13. The fourth-order valence-corrected chi connectivity index (χ4v) is 3.67. The van der Waals surface area contributed by atoms with Crippen molar-refractivity contribution in [2.45, 2.75) is 43.4 Å². The zero-order valence-electron chi connectivity index (χ0n) is 18.6. The molecular formula is C19H32N6O6S2. The molecule has 4 atom stereocenters. The van der Waals surface area contributed by atoms with Crippen LogP contribution in [0.3, 0.4) is 0 Å². The van der Waals surface area contributed by atoms with Gasteiger partial charge >= 0.3 is 5.97 Å². The number of imidazole rings is 1. The van der Waals surface area contributed by atoms with E-state index in [0.29, 0.717) is 17.2 Å². The first kappa shape index (κ1) is 28.7. The molecule has 4 unspecified atom stereocenters. The summed E-state index contributed by atoms with van der Waals surface area (Å²) in [5.41, 5.74) is 6.05. The lowest BCUT2D eigenvalue weighted by Gasteiger charge is -2.25. The summed E-state index contributed by atoms with van der Waals surface area (Å²) in [4.78, 5) is 56.1. The number of hydrogen-bond acceptors (Lipinski definition) is 9. The number of aliphatic carboxylic acids is 1. The molecule has 12 nitrogen and oxygen atoms in total. The molecule has 33 heavy (non-hydrogen) atoms. The number of rotatable bonds is 16. The zero-order valence-corrected chi connectivity index (χ0v) is 20.2. The van der Waals surface area contributed by atoms with Crippen LogP contribution in [-0.2, 0) is 25.6 Å². The second-order valence-electron chi connectivity index (χ2n) is 7.15. The SMILES string of the molecule is CSCCC(NC(=O)C(N)CO)C(=O)NC(CCSC)C(=O)NC(Cc1cnc[nH]1)C(=O)O. The quantitative estimate of drug-likeness (QED) is 0.136. The van der Waals surface area contributed by atoms with Gasteiger partial charge < -0.3 is 36.9 Å². The van der Waals surface area contributed by atoms with Gasteiger partial charge in [0.15, 0.2) is 0 Å². The van der Waals surface area contributed by atoms with E-state index in [1.807, 2.05) is 12.5 Å². The fraction of sp³-hybridized carbons (Fsp3) is 0.632. The van der Waals surface area contributed by atoms with Gasteiger partial charge in [0.1, 0.15) is 24.2 Å². The molecule has 1 aromatic rings. The Morgan fingerprint density at radius 1 is 1.00 bits per heavy atom. The van der Waals surface area contributed by atoms with Crippen LogP contribution in [0.5, 0.6) is 0 Å². The number of aromatic nitrogens is 2. The van der Waals surface area contributed by atoms with Crippen LogP contribution < -0.4 is 21.7 Å². The molecule has 186 valence electrons. The molecule has 0 bridgehead atoms. The van der Waals surface area contributed by atoms with Gasteiger partial charge in [-0.1, -0.05) is 0 Å². The first-order chi connectivity index (χ1) is 15.7. The Hall–Kier alpha value is -2.29. The molecule has 0 aliphatic rings. The topological polar surface area (TPSA) is 200 Å². The first-order valence-electron chi connectivity index (χ1n) is 10.2. The Morgan fingerprint density at radius 3 is 1.94 bits per heavy atom. The molecule has 0 fully saturated rings. The van der Waals surface area contributed by atoms with E-state index < -0.39 is 54.5 Å². The number of thioether (sulfide) groups is 2. The normalized spacial score (nSPS) is 14.5. The molecule has 8 N–H and O–H groups in total. The minimum atomic E-state index is -1.23. The van der Waals surface area contributed by atoms with E-state index in [-0.39, 0.29) is 19.3 Å². The lowest BCUT2D eigenvalue weighted by atomic mass is 10.1. The molecule has 1 aromatic heterocycles. The minimum absolute atomic E-state index is 0.00424. The van der Waals surface area contributed by atoms with Gasteiger partial charge in [0.05, 0.1) is 12.9 Å². The molecule has 0 aliphatic heterocycles. The molecule has 0 radical (unpaired) electrons. The van der Waals surface area contributed by atoms with Gasteiger partial charge in [-0.3, -0.25) is 14.4 Å². The van der Waals surface area contributed by atoms with E-state index in [1.165, 1.54) is 36.0 Å². The van der Waals surface area contributed by atoms with Crippen LogP contribution in [-0.4, -0.2) is 98.7 Å². The molecule has 0 saturated heterocycles. The smallest absolute Gasteiger partial charge is 0.326 e. The van der Waals surface area contributed by atoms with E-state index in [0.717, 1.165) is 0 Å². The highest BCUT2D eigenvalue weighted by molar-refractivity contribution is 7.98. The van der Waals surface area contributed by atoms with Crippen LogP contribution in [0, 0.1) is 0 Å². The number of aliphatic hydroxyl groups excluding tert-OH is 1. The van der Waals surface area contributed by atoms with Crippen LogP contribution in [0.4, 0.5) is 0 Å². The molecule has 0 aliphatic carbocycles. The summed E-state index contributed by atoms with van der Waals surface area (Å²) in [5.74, 6) is -2.06. The number of H-pyrrole nitrogens is 1. The van der Waals surface area contributed by atoms with Gasteiger partial charge in [-0.25, -0.2) is 9.78 Å². The molecule has 3 amide bonds. The maximum absolute atomic E-state index is 12.9. The predicted molar refractivity (Wildman–Crippen MR) is 127 cm³/mol. The number of nitrogens with zero attached hydrogens (tertiary/aromatic N) is 1. The highest BCUT2D eigenvalue weighted by atomic mass is 32.2. The summed E-state index contributed by atoms with van der Waals surface area (Å²) in [7, 11) is 0. The summed E-state index contributed by atoms with van der Waals surface area (Å²) in [6.45, 7) is -0.575. The van der Waals surface area contributed by atoms with Crippen LogP contribution in [0.15, 0.2) is 12.5 Å². The van der Waals surface area contributed by atoms with E-state index in [2.05, 4.69) is 25.9 Å². The average molecular weight is 505 g/mol. The van der Waals surface area contributed by atoms with Crippen LogP contribution in [0.2, 0.25) is 0 Å². The molecule has 14 heteroatoms. The van der Waals surface area contributed by atoms with Crippen molar-refractivity contribution in [3.05, 3.63) is 18.2 Å². The van der Waals surface area contributed by atoms with Crippen LogP contribution >= 0.6 is 23.5 Å². The average Bonchev–Trinajstić information content (AvgIpc) is 3.30. The highest BCUT2D eigenvalue weighted by Gasteiger charge is 2.30. The number of carbonyl (C=O) groups excluding carboxylic acids is 3. The largest absolute Gasteiger partial charge is 0.480 e. The third-order valence-electron chi connectivity index (χ3n) is 4.61. The van der Waals surface area contributed by atoms with Crippen molar-refractivity contribution in [2.24, 2.45) is 5.73 Å². The van der Waals surface area contributed by atoms with E-state index >= 15 is 0 Å². The molecule has 0 spiro atoms. The van der Waals surface area contributed by atoms with Gasteiger partial charge in [0.2, 0.25) is 17.7 Å². The molecule has 1 heterocycles. The lowest BCUT2D eigenvalue weighted by Crippen LogP contribution is -2.57. The van der Waals surface area contributed by atoms with Gasteiger partial charge in [-0.15, -0.1) is 0 Å². The summed E-state index contributed by atoms with van der Waals surface area (Å²) in [6, 6.07) is -4.37. The van der Waals surface area contributed by atoms with E-state index in [4.69, 9.17) is 10.8 Å². The van der Waals surface area contributed by atoms with Crippen LogP contribution in [0.25, 0.3) is 0 Å². The number of nitrogens with one attached hydrogen (secondary N) is 4. The predicted octanol–water partition coefficient (Wildman–Crippen LogP) is -1.68. The Balaban J connectivity index is 2.91. The summed E-state index contributed by atoms with van der Waals surface area (Å²) in [6.07, 6.45) is 7.09. The van der Waals surface area contributed by atoms with Crippen molar-refractivity contribution < 1.29 is 29.4 Å². The molecule has 1 rings (SSSR count). The van der Waals surface area contributed by atoms with E-state index in [1.54, 1.807) is 0 Å².